The van der Waals surface area contributed by atoms with E-state index in [4.69, 9.17) is 4.74 Å². The highest BCUT2D eigenvalue weighted by Gasteiger charge is 2.34. The Bertz CT molecular complexity index is 623. The number of morpholine rings is 1. The van der Waals surface area contributed by atoms with Crippen molar-refractivity contribution in [2.45, 2.75) is 58.4 Å². The highest BCUT2D eigenvalue weighted by atomic mass is 127. The fourth-order valence-electron chi connectivity index (χ4n) is 4.67. The van der Waals surface area contributed by atoms with Crippen LogP contribution in [0.5, 0.6) is 0 Å². The van der Waals surface area contributed by atoms with Crippen LogP contribution in [0.4, 0.5) is 0 Å². The summed E-state index contributed by atoms with van der Waals surface area (Å²) in [6.07, 6.45) is 12.9. The van der Waals surface area contributed by atoms with Gasteiger partial charge in [0.25, 0.3) is 0 Å². The zero-order chi connectivity index (χ0) is 20.4. The summed E-state index contributed by atoms with van der Waals surface area (Å²) >= 11 is 0. The third kappa shape index (κ3) is 8.00. The molecule has 0 amide bonds. The van der Waals surface area contributed by atoms with Gasteiger partial charge in [-0.3, -0.25) is 9.89 Å². The van der Waals surface area contributed by atoms with Crippen molar-refractivity contribution in [3.63, 3.8) is 0 Å². The van der Waals surface area contributed by atoms with Gasteiger partial charge in [0.05, 0.1) is 13.2 Å². The van der Waals surface area contributed by atoms with E-state index in [0.717, 1.165) is 70.6 Å². The second-order valence-corrected chi connectivity index (χ2v) is 8.68. The lowest BCUT2D eigenvalue weighted by Crippen LogP contribution is -2.51. The van der Waals surface area contributed by atoms with Gasteiger partial charge < -0.3 is 19.9 Å². The van der Waals surface area contributed by atoms with E-state index in [0.29, 0.717) is 5.41 Å². The average molecular weight is 533 g/mol. The summed E-state index contributed by atoms with van der Waals surface area (Å²) in [5, 5.41) is 7.15. The summed E-state index contributed by atoms with van der Waals surface area (Å²) in [6, 6.07) is 0. The highest BCUT2D eigenvalue weighted by molar-refractivity contribution is 14.0. The zero-order valence-electron chi connectivity index (χ0n) is 18.9. The van der Waals surface area contributed by atoms with Gasteiger partial charge in [-0.15, -0.1) is 24.0 Å². The number of hydrogen-bond donors (Lipinski definition) is 2. The van der Waals surface area contributed by atoms with Gasteiger partial charge in [0.15, 0.2) is 5.96 Å². The SMILES string of the molecule is CN=C(NCCCCn1ccnc1C)NCC1(CN2CCOCC2)CCCCC1.I. The van der Waals surface area contributed by atoms with E-state index in [2.05, 4.69) is 43.2 Å². The van der Waals surface area contributed by atoms with Crippen LogP contribution in [0.15, 0.2) is 17.4 Å². The molecule has 0 bridgehead atoms. The van der Waals surface area contributed by atoms with Crippen LogP contribution in [0.3, 0.4) is 0 Å². The van der Waals surface area contributed by atoms with Crippen molar-refractivity contribution in [1.82, 2.24) is 25.1 Å². The Morgan fingerprint density at radius 3 is 2.60 bits per heavy atom. The topological polar surface area (TPSA) is 66.7 Å². The van der Waals surface area contributed by atoms with Crippen LogP contribution in [-0.2, 0) is 11.3 Å². The number of hydrogen-bond acceptors (Lipinski definition) is 4. The molecule has 0 radical (unpaired) electrons. The van der Waals surface area contributed by atoms with Crippen LogP contribution in [-0.4, -0.2) is 73.4 Å². The molecule has 2 aliphatic rings. The van der Waals surface area contributed by atoms with Crippen molar-refractivity contribution in [2.24, 2.45) is 10.4 Å². The molecule has 30 heavy (non-hydrogen) atoms. The lowest BCUT2D eigenvalue weighted by Gasteiger charge is -2.42. The van der Waals surface area contributed by atoms with E-state index in [1.165, 1.54) is 38.6 Å². The normalized spacial score (nSPS) is 19.9. The van der Waals surface area contributed by atoms with E-state index in [1.807, 2.05) is 13.2 Å². The van der Waals surface area contributed by atoms with Gasteiger partial charge in [-0.2, -0.15) is 0 Å². The van der Waals surface area contributed by atoms with Gasteiger partial charge in [-0.05, 0) is 32.6 Å². The first-order valence-electron chi connectivity index (χ1n) is 11.4. The lowest BCUT2D eigenvalue weighted by atomic mass is 9.73. The van der Waals surface area contributed by atoms with Crippen LogP contribution in [0.25, 0.3) is 0 Å². The molecule has 0 aromatic carbocycles. The van der Waals surface area contributed by atoms with E-state index in [1.54, 1.807) is 0 Å². The molecule has 0 atom stereocenters. The smallest absolute Gasteiger partial charge is 0.190 e. The number of imidazole rings is 1. The second-order valence-electron chi connectivity index (χ2n) is 8.68. The molecule has 2 N–H and O–H groups in total. The first-order chi connectivity index (χ1) is 14.2. The predicted molar refractivity (Wildman–Crippen MR) is 134 cm³/mol. The van der Waals surface area contributed by atoms with Crippen molar-refractivity contribution in [3.05, 3.63) is 18.2 Å². The minimum Gasteiger partial charge on any atom is -0.379 e. The maximum absolute atomic E-state index is 5.54. The van der Waals surface area contributed by atoms with Gasteiger partial charge in [-0.1, -0.05) is 19.3 Å². The minimum absolute atomic E-state index is 0. The molecule has 2 heterocycles. The van der Waals surface area contributed by atoms with Crippen molar-refractivity contribution in [1.29, 1.82) is 0 Å². The Morgan fingerprint density at radius 1 is 1.17 bits per heavy atom. The molecule has 8 heteroatoms. The Labute approximate surface area is 199 Å². The number of rotatable bonds is 9. The van der Waals surface area contributed by atoms with E-state index in [9.17, 15) is 0 Å². The van der Waals surface area contributed by atoms with Crippen molar-refractivity contribution in [2.75, 3.05) is 53.0 Å². The van der Waals surface area contributed by atoms with E-state index < -0.39 is 0 Å². The van der Waals surface area contributed by atoms with Gasteiger partial charge in [0, 0.05) is 64.1 Å². The van der Waals surface area contributed by atoms with Crippen molar-refractivity contribution in [3.8, 4) is 0 Å². The first-order valence-corrected chi connectivity index (χ1v) is 11.4. The molecule has 0 unspecified atom stereocenters. The predicted octanol–water partition coefficient (Wildman–Crippen LogP) is 3.04. The fraction of sp³-hybridized carbons (Fsp3) is 0.818. The monoisotopic (exact) mass is 532 g/mol. The van der Waals surface area contributed by atoms with E-state index in [-0.39, 0.29) is 24.0 Å². The molecular weight excluding hydrogens is 491 g/mol. The summed E-state index contributed by atoms with van der Waals surface area (Å²) < 4.78 is 7.75. The summed E-state index contributed by atoms with van der Waals surface area (Å²) in [6.45, 7) is 10.1. The Morgan fingerprint density at radius 2 is 1.93 bits per heavy atom. The van der Waals surface area contributed by atoms with Crippen LogP contribution in [0, 0.1) is 12.3 Å². The Kier molecular flexibility index (Phi) is 11.4. The number of halogens is 1. The molecule has 1 aromatic heterocycles. The largest absolute Gasteiger partial charge is 0.379 e. The summed E-state index contributed by atoms with van der Waals surface area (Å²) in [4.78, 5) is 11.3. The number of guanidine groups is 1. The third-order valence-electron chi connectivity index (χ3n) is 6.47. The molecule has 1 saturated heterocycles. The molecule has 3 rings (SSSR count). The molecule has 0 spiro atoms. The van der Waals surface area contributed by atoms with Crippen LogP contribution in [0.2, 0.25) is 0 Å². The maximum Gasteiger partial charge on any atom is 0.190 e. The van der Waals surface area contributed by atoms with Gasteiger partial charge in [-0.25, -0.2) is 4.98 Å². The van der Waals surface area contributed by atoms with Crippen molar-refractivity contribution < 1.29 is 4.74 Å². The average Bonchev–Trinajstić information content (AvgIpc) is 3.16. The van der Waals surface area contributed by atoms with Gasteiger partial charge in [0.1, 0.15) is 5.82 Å². The fourth-order valence-corrected chi connectivity index (χ4v) is 4.67. The maximum atomic E-state index is 5.54. The molecule has 1 aliphatic heterocycles. The first kappa shape index (κ1) is 25.4. The second kappa shape index (κ2) is 13.5. The number of unbranched alkanes of at least 4 members (excludes halogenated alkanes) is 1. The molecule has 1 saturated carbocycles. The Balaban J connectivity index is 0.00000320. The van der Waals surface area contributed by atoms with Crippen LogP contribution < -0.4 is 10.6 Å². The minimum atomic E-state index is 0. The van der Waals surface area contributed by atoms with Crippen molar-refractivity contribution >= 4 is 29.9 Å². The summed E-state index contributed by atoms with van der Waals surface area (Å²) in [5.41, 5.74) is 0.367. The lowest BCUT2D eigenvalue weighted by molar-refractivity contribution is 0.00820. The van der Waals surface area contributed by atoms with E-state index >= 15 is 0 Å². The number of aliphatic imine (C=N–C) groups is 1. The molecule has 2 fully saturated rings. The Hall–Kier alpha value is -0.870. The molecule has 172 valence electrons. The number of nitrogens with one attached hydrogen (secondary N) is 2. The van der Waals surface area contributed by atoms with Crippen LogP contribution >= 0.6 is 24.0 Å². The number of aryl methyl sites for hydroxylation is 2. The van der Waals surface area contributed by atoms with Crippen LogP contribution in [0.1, 0.15) is 50.8 Å². The standard InChI is InChI=1S/C22H40N6O.HI/c1-20-24-11-13-28(20)12-7-6-10-25-21(23-2)26-18-22(8-4-3-5-9-22)19-27-14-16-29-17-15-27;/h11,13H,3-10,12,14-19H2,1-2H3,(H2,23,25,26);1H. The quantitative estimate of drug-likeness (QED) is 0.222. The molecule has 1 aromatic rings. The number of ether oxygens (including phenoxy) is 1. The number of nitrogens with zero attached hydrogens (tertiary/aromatic N) is 4. The zero-order valence-corrected chi connectivity index (χ0v) is 21.2. The third-order valence-corrected chi connectivity index (χ3v) is 6.47. The highest BCUT2D eigenvalue weighted by Crippen LogP contribution is 2.36. The van der Waals surface area contributed by atoms with Gasteiger partial charge >= 0.3 is 0 Å². The number of aromatic nitrogens is 2. The molecular formula is C22H41IN6O. The molecule has 1 aliphatic carbocycles. The molecule has 7 nitrogen and oxygen atoms in total. The van der Waals surface area contributed by atoms with Gasteiger partial charge in [0.2, 0.25) is 0 Å². The summed E-state index contributed by atoms with van der Waals surface area (Å²) in [7, 11) is 1.87. The summed E-state index contributed by atoms with van der Waals surface area (Å²) in [5.74, 6) is 2.03.